The van der Waals surface area contributed by atoms with Crippen molar-refractivity contribution in [2.24, 2.45) is 0 Å². The molecule has 0 bridgehead atoms. The summed E-state index contributed by atoms with van der Waals surface area (Å²) in [5, 5.41) is 9.61. The monoisotopic (exact) mass is 219 g/mol. The normalized spacial score (nSPS) is 22.3. The number of rotatable bonds is 2. The Morgan fingerprint density at radius 3 is 2.81 bits per heavy atom. The van der Waals surface area contributed by atoms with Gasteiger partial charge in [-0.3, -0.25) is 4.90 Å². The molecule has 1 aromatic rings. The maximum Gasteiger partial charge on any atom is 0.0667 e. The fourth-order valence-electron chi connectivity index (χ4n) is 2.33. The quantitative estimate of drug-likeness (QED) is 0.824. The maximum absolute atomic E-state index is 9.61. The third-order valence-corrected chi connectivity index (χ3v) is 3.46. The number of hydrogen-bond donors (Lipinski definition) is 1. The number of likely N-dealkylation sites (tertiary alicyclic amines) is 1. The van der Waals surface area contributed by atoms with Crippen molar-refractivity contribution in [2.75, 3.05) is 13.1 Å². The third-order valence-electron chi connectivity index (χ3n) is 3.46. The Kier molecular flexibility index (Phi) is 3.62. The van der Waals surface area contributed by atoms with Crippen LogP contribution < -0.4 is 0 Å². The van der Waals surface area contributed by atoms with Gasteiger partial charge in [-0.2, -0.15) is 0 Å². The molecule has 1 fully saturated rings. The van der Waals surface area contributed by atoms with Crippen molar-refractivity contribution in [3.05, 3.63) is 34.9 Å². The van der Waals surface area contributed by atoms with E-state index in [1.54, 1.807) is 0 Å². The molecule has 1 aliphatic heterocycles. The van der Waals surface area contributed by atoms with Crippen LogP contribution in [0, 0.1) is 13.8 Å². The molecule has 0 saturated carbocycles. The predicted molar refractivity (Wildman–Crippen MR) is 66.4 cm³/mol. The third kappa shape index (κ3) is 2.83. The SMILES string of the molecule is Cc1ccc(CN2CCC[C@@H](O)C2)cc1C. The van der Waals surface area contributed by atoms with Crippen molar-refractivity contribution in [1.82, 2.24) is 4.90 Å². The Morgan fingerprint density at radius 1 is 1.31 bits per heavy atom. The van der Waals surface area contributed by atoms with Gasteiger partial charge in [0.2, 0.25) is 0 Å². The molecule has 1 saturated heterocycles. The topological polar surface area (TPSA) is 23.5 Å². The van der Waals surface area contributed by atoms with E-state index in [1.807, 2.05) is 0 Å². The molecule has 0 unspecified atom stereocenters. The lowest BCUT2D eigenvalue weighted by Gasteiger charge is -2.30. The molecule has 2 rings (SSSR count). The van der Waals surface area contributed by atoms with E-state index in [9.17, 15) is 5.11 Å². The van der Waals surface area contributed by atoms with Gasteiger partial charge in [-0.15, -0.1) is 0 Å². The highest BCUT2D eigenvalue weighted by atomic mass is 16.3. The summed E-state index contributed by atoms with van der Waals surface area (Å²) in [5.74, 6) is 0. The van der Waals surface area contributed by atoms with Crippen LogP contribution in [0.1, 0.15) is 29.5 Å². The van der Waals surface area contributed by atoms with Crippen molar-refractivity contribution in [2.45, 2.75) is 39.3 Å². The van der Waals surface area contributed by atoms with Gasteiger partial charge in [0.05, 0.1) is 6.10 Å². The van der Waals surface area contributed by atoms with Gasteiger partial charge in [-0.25, -0.2) is 0 Å². The van der Waals surface area contributed by atoms with Gasteiger partial charge < -0.3 is 5.11 Å². The molecule has 1 atom stereocenters. The number of hydrogen-bond acceptors (Lipinski definition) is 2. The molecular weight excluding hydrogens is 198 g/mol. The Balaban J connectivity index is 2.00. The van der Waals surface area contributed by atoms with Crippen LogP contribution in [0.5, 0.6) is 0 Å². The van der Waals surface area contributed by atoms with Crippen LogP contribution in [0.2, 0.25) is 0 Å². The first kappa shape index (κ1) is 11.6. The number of aryl methyl sites for hydroxylation is 2. The molecule has 1 aliphatic rings. The van der Waals surface area contributed by atoms with Crippen LogP contribution in [0.3, 0.4) is 0 Å². The minimum Gasteiger partial charge on any atom is -0.392 e. The van der Waals surface area contributed by atoms with Crippen molar-refractivity contribution < 1.29 is 5.11 Å². The lowest BCUT2D eigenvalue weighted by atomic mass is 10.0. The van der Waals surface area contributed by atoms with Crippen molar-refractivity contribution in [3.63, 3.8) is 0 Å². The molecule has 0 radical (unpaired) electrons. The Morgan fingerprint density at radius 2 is 2.12 bits per heavy atom. The van der Waals surface area contributed by atoms with Crippen LogP contribution >= 0.6 is 0 Å². The highest BCUT2D eigenvalue weighted by molar-refractivity contribution is 5.29. The number of aliphatic hydroxyl groups is 1. The van der Waals surface area contributed by atoms with Crippen LogP contribution in [0.25, 0.3) is 0 Å². The molecule has 2 heteroatoms. The average Bonchev–Trinajstić information content (AvgIpc) is 2.24. The summed E-state index contributed by atoms with van der Waals surface area (Å²) in [6, 6.07) is 6.64. The number of benzene rings is 1. The summed E-state index contributed by atoms with van der Waals surface area (Å²) in [4.78, 5) is 2.35. The molecular formula is C14H21NO. The standard InChI is InChI=1S/C14H21NO/c1-11-5-6-13(8-12(11)2)9-15-7-3-4-14(16)10-15/h5-6,8,14,16H,3-4,7,9-10H2,1-2H3/t14-/m1/s1. The van der Waals surface area contributed by atoms with E-state index in [4.69, 9.17) is 0 Å². The van der Waals surface area contributed by atoms with Crippen molar-refractivity contribution in [3.8, 4) is 0 Å². The molecule has 1 aromatic carbocycles. The minimum absolute atomic E-state index is 0.125. The summed E-state index contributed by atoms with van der Waals surface area (Å²) >= 11 is 0. The highest BCUT2D eigenvalue weighted by Crippen LogP contribution is 2.15. The van der Waals surface area contributed by atoms with E-state index < -0.39 is 0 Å². The zero-order valence-electron chi connectivity index (χ0n) is 10.2. The molecule has 0 aromatic heterocycles. The molecule has 0 spiro atoms. The first-order valence-electron chi connectivity index (χ1n) is 6.11. The van der Waals surface area contributed by atoms with E-state index in [2.05, 4.69) is 36.9 Å². The Bertz CT molecular complexity index is 362. The van der Waals surface area contributed by atoms with Gasteiger partial charge in [0.25, 0.3) is 0 Å². The lowest BCUT2D eigenvalue weighted by molar-refractivity contribution is 0.0668. The van der Waals surface area contributed by atoms with E-state index in [-0.39, 0.29) is 6.10 Å². The lowest BCUT2D eigenvalue weighted by Crippen LogP contribution is -2.37. The summed E-state index contributed by atoms with van der Waals surface area (Å²) in [6.07, 6.45) is 1.95. The van der Waals surface area contributed by atoms with Crippen LogP contribution in [-0.2, 0) is 6.54 Å². The van der Waals surface area contributed by atoms with E-state index in [0.717, 1.165) is 32.5 Å². The van der Waals surface area contributed by atoms with Gasteiger partial charge >= 0.3 is 0 Å². The second kappa shape index (κ2) is 4.98. The van der Waals surface area contributed by atoms with E-state index >= 15 is 0 Å². The fourth-order valence-corrected chi connectivity index (χ4v) is 2.33. The summed E-state index contributed by atoms with van der Waals surface area (Å²) < 4.78 is 0. The second-order valence-corrected chi connectivity index (χ2v) is 4.95. The molecule has 88 valence electrons. The molecule has 0 amide bonds. The van der Waals surface area contributed by atoms with Crippen LogP contribution in [-0.4, -0.2) is 29.2 Å². The van der Waals surface area contributed by atoms with Crippen molar-refractivity contribution in [1.29, 1.82) is 0 Å². The number of piperidine rings is 1. The minimum atomic E-state index is -0.125. The fraction of sp³-hybridized carbons (Fsp3) is 0.571. The summed E-state index contributed by atoms with van der Waals surface area (Å²) in [7, 11) is 0. The molecule has 2 nitrogen and oxygen atoms in total. The van der Waals surface area contributed by atoms with Gasteiger partial charge in [-0.05, 0) is 49.9 Å². The highest BCUT2D eigenvalue weighted by Gasteiger charge is 2.17. The molecule has 1 heterocycles. The van der Waals surface area contributed by atoms with Gasteiger partial charge in [0, 0.05) is 13.1 Å². The first-order chi connectivity index (χ1) is 7.65. The van der Waals surface area contributed by atoms with Gasteiger partial charge in [0.1, 0.15) is 0 Å². The van der Waals surface area contributed by atoms with E-state index in [0.29, 0.717) is 0 Å². The summed E-state index contributed by atoms with van der Waals surface area (Å²) in [5.41, 5.74) is 4.06. The second-order valence-electron chi connectivity index (χ2n) is 4.95. The molecule has 0 aliphatic carbocycles. The Hall–Kier alpha value is -0.860. The predicted octanol–water partition coefficient (Wildman–Crippen LogP) is 2.26. The molecule has 16 heavy (non-hydrogen) atoms. The number of β-amino-alcohol motifs (C(OH)–C–C–N with tert-alkyl or cyclic N) is 1. The zero-order valence-corrected chi connectivity index (χ0v) is 10.2. The smallest absolute Gasteiger partial charge is 0.0667 e. The van der Waals surface area contributed by atoms with Gasteiger partial charge in [0.15, 0.2) is 0 Å². The molecule has 1 N–H and O–H groups in total. The first-order valence-corrected chi connectivity index (χ1v) is 6.11. The maximum atomic E-state index is 9.61. The zero-order chi connectivity index (χ0) is 11.5. The van der Waals surface area contributed by atoms with Crippen LogP contribution in [0.15, 0.2) is 18.2 Å². The number of aliphatic hydroxyl groups excluding tert-OH is 1. The van der Waals surface area contributed by atoms with Crippen LogP contribution in [0.4, 0.5) is 0 Å². The van der Waals surface area contributed by atoms with Crippen molar-refractivity contribution >= 4 is 0 Å². The number of nitrogens with zero attached hydrogens (tertiary/aromatic N) is 1. The van der Waals surface area contributed by atoms with E-state index in [1.165, 1.54) is 16.7 Å². The Labute approximate surface area is 97.9 Å². The summed E-state index contributed by atoms with van der Waals surface area (Å²) in [6.45, 7) is 7.21. The largest absolute Gasteiger partial charge is 0.392 e. The van der Waals surface area contributed by atoms with Gasteiger partial charge in [-0.1, -0.05) is 18.2 Å². The average molecular weight is 219 g/mol.